The Morgan fingerprint density at radius 1 is 1.00 bits per heavy atom. The molecule has 2 N–H and O–H groups in total. The molecule has 2 atom stereocenters. The van der Waals surface area contributed by atoms with Crippen molar-refractivity contribution in [2.75, 3.05) is 0 Å². The summed E-state index contributed by atoms with van der Waals surface area (Å²) in [5.74, 6) is -1.60. The van der Waals surface area contributed by atoms with Crippen molar-refractivity contribution in [2.45, 2.75) is 36.8 Å². The second kappa shape index (κ2) is 6.40. The van der Waals surface area contributed by atoms with E-state index in [1.807, 2.05) is 0 Å². The molecule has 0 amide bonds. The van der Waals surface area contributed by atoms with E-state index in [1.165, 1.54) is 30.3 Å². The maximum Gasteiger partial charge on any atom is 0.336 e. The Kier molecular flexibility index (Phi) is 4.60. The van der Waals surface area contributed by atoms with Crippen LogP contribution in [0.2, 0.25) is 0 Å². The van der Waals surface area contributed by atoms with Crippen molar-refractivity contribution in [3.63, 3.8) is 0 Å². The highest BCUT2D eigenvalue weighted by molar-refractivity contribution is 7.53. The second-order valence-electron chi connectivity index (χ2n) is 6.30. The van der Waals surface area contributed by atoms with Gasteiger partial charge in [-0.25, -0.2) is 8.78 Å². The summed E-state index contributed by atoms with van der Waals surface area (Å²) in [6.45, 7) is 0. The van der Waals surface area contributed by atoms with Gasteiger partial charge in [-0.05, 0) is 42.2 Å². The zero-order valence-electron chi connectivity index (χ0n) is 13.0. The number of halogens is 2. The van der Waals surface area contributed by atoms with Gasteiger partial charge < -0.3 is 9.79 Å². The molecule has 0 aromatic heterocycles. The number of hydrogen-bond acceptors (Lipinski definition) is 1. The Bertz CT molecular complexity index is 772. The normalized spacial score (nSPS) is 24.8. The largest absolute Gasteiger partial charge is 0.336 e. The van der Waals surface area contributed by atoms with Crippen molar-refractivity contribution in [3.05, 3.63) is 71.3 Å². The van der Waals surface area contributed by atoms with Gasteiger partial charge in [0.2, 0.25) is 0 Å². The molecule has 1 aliphatic carbocycles. The first-order valence-electron chi connectivity index (χ1n) is 7.92. The van der Waals surface area contributed by atoms with Crippen LogP contribution in [0.1, 0.15) is 42.7 Å². The Hall–Kier alpha value is -1.55. The van der Waals surface area contributed by atoms with Crippen LogP contribution in [0.3, 0.4) is 0 Å². The standard InChI is InChI=1S/C18H19F2O3P/c19-14-10-8-13(9-11-14)18(24(21,22)23)12-4-3-6-16(18)15-5-1-2-7-17(15)20/h1-2,5,7-11,16H,3-4,6,12H2,(H2,21,22,23). The van der Waals surface area contributed by atoms with E-state index in [-0.39, 0.29) is 6.42 Å². The fourth-order valence-electron chi connectivity index (χ4n) is 3.93. The average Bonchev–Trinajstić information content (AvgIpc) is 2.55. The third-order valence-corrected chi connectivity index (χ3v) is 6.85. The van der Waals surface area contributed by atoms with Gasteiger partial charge in [0.25, 0.3) is 0 Å². The van der Waals surface area contributed by atoms with Crippen molar-refractivity contribution in [3.8, 4) is 0 Å². The van der Waals surface area contributed by atoms with E-state index < -0.39 is 30.3 Å². The zero-order chi connectivity index (χ0) is 17.4. The van der Waals surface area contributed by atoms with Crippen LogP contribution in [-0.4, -0.2) is 9.79 Å². The molecular formula is C18H19F2O3P. The van der Waals surface area contributed by atoms with Gasteiger partial charge in [-0.3, -0.25) is 4.57 Å². The maximum atomic E-state index is 14.4. The SMILES string of the molecule is O=P(O)(O)C1(c2ccc(F)cc2)CCCCC1c1ccccc1F. The highest BCUT2D eigenvalue weighted by atomic mass is 31.2. The van der Waals surface area contributed by atoms with Crippen LogP contribution in [-0.2, 0) is 9.72 Å². The first-order chi connectivity index (χ1) is 11.4. The van der Waals surface area contributed by atoms with Crippen LogP contribution < -0.4 is 0 Å². The second-order valence-corrected chi connectivity index (χ2v) is 8.18. The van der Waals surface area contributed by atoms with E-state index in [2.05, 4.69) is 0 Å². The molecule has 0 aliphatic heterocycles. The highest BCUT2D eigenvalue weighted by Crippen LogP contribution is 2.68. The van der Waals surface area contributed by atoms with Crippen molar-refractivity contribution in [2.24, 2.45) is 0 Å². The first kappa shape index (κ1) is 17.3. The van der Waals surface area contributed by atoms with Gasteiger partial charge in [-0.2, -0.15) is 0 Å². The number of hydrogen-bond donors (Lipinski definition) is 2. The van der Waals surface area contributed by atoms with Gasteiger partial charge in [-0.15, -0.1) is 0 Å². The van der Waals surface area contributed by atoms with E-state index >= 15 is 0 Å². The summed E-state index contributed by atoms with van der Waals surface area (Å²) in [6.07, 6.45) is 2.11. The summed E-state index contributed by atoms with van der Waals surface area (Å²) < 4.78 is 40.2. The van der Waals surface area contributed by atoms with E-state index in [1.54, 1.807) is 18.2 Å². The minimum atomic E-state index is -4.64. The predicted molar refractivity (Wildman–Crippen MR) is 87.7 cm³/mol. The molecule has 0 bridgehead atoms. The van der Waals surface area contributed by atoms with Crippen LogP contribution >= 0.6 is 7.60 Å². The van der Waals surface area contributed by atoms with Gasteiger partial charge in [0.15, 0.2) is 0 Å². The average molecular weight is 352 g/mol. The van der Waals surface area contributed by atoms with E-state index in [4.69, 9.17) is 0 Å². The smallest absolute Gasteiger partial charge is 0.324 e. The third-order valence-electron chi connectivity index (χ3n) is 5.02. The van der Waals surface area contributed by atoms with Crippen LogP contribution in [0.25, 0.3) is 0 Å². The van der Waals surface area contributed by atoms with Gasteiger partial charge in [0.05, 0.1) is 0 Å². The molecule has 3 nitrogen and oxygen atoms in total. The fourth-order valence-corrected chi connectivity index (χ4v) is 5.54. The summed E-state index contributed by atoms with van der Waals surface area (Å²) >= 11 is 0. The van der Waals surface area contributed by atoms with Crippen LogP contribution in [0.15, 0.2) is 48.5 Å². The lowest BCUT2D eigenvalue weighted by Gasteiger charge is -2.45. The summed E-state index contributed by atoms with van der Waals surface area (Å²) in [6, 6.07) is 11.3. The van der Waals surface area contributed by atoms with Crippen molar-refractivity contribution in [1.82, 2.24) is 0 Å². The molecule has 2 aromatic rings. The van der Waals surface area contributed by atoms with Crippen molar-refractivity contribution >= 4 is 7.60 Å². The highest BCUT2D eigenvalue weighted by Gasteiger charge is 2.55. The van der Waals surface area contributed by atoms with Crippen LogP contribution in [0.5, 0.6) is 0 Å². The van der Waals surface area contributed by atoms with Crippen molar-refractivity contribution < 1.29 is 23.1 Å². The lowest BCUT2D eigenvalue weighted by Crippen LogP contribution is -2.37. The molecule has 1 saturated carbocycles. The summed E-state index contributed by atoms with van der Waals surface area (Å²) in [4.78, 5) is 20.5. The molecule has 128 valence electrons. The molecule has 24 heavy (non-hydrogen) atoms. The molecule has 0 radical (unpaired) electrons. The van der Waals surface area contributed by atoms with Gasteiger partial charge in [0, 0.05) is 5.92 Å². The van der Waals surface area contributed by atoms with E-state index in [0.717, 1.165) is 6.42 Å². The zero-order valence-corrected chi connectivity index (χ0v) is 13.9. The number of rotatable bonds is 3. The first-order valence-corrected chi connectivity index (χ1v) is 9.53. The van der Waals surface area contributed by atoms with Gasteiger partial charge in [0.1, 0.15) is 16.8 Å². The Morgan fingerprint density at radius 3 is 2.29 bits per heavy atom. The number of benzene rings is 2. The Balaban J connectivity index is 2.23. The van der Waals surface area contributed by atoms with Gasteiger partial charge in [-0.1, -0.05) is 43.2 Å². The molecule has 2 unspecified atom stereocenters. The quantitative estimate of drug-likeness (QED) is 0.788. The maximum absolute atomic E-state index is 14.4. The molecule has 2 aromatic carbocycles. The molecule has 6 heteroatoms. The molecule has 0 spiro atoms. The predicted octanol–water partition coefficient (Wildman–Crippen LogP) is 4.70. The van der Waals surface area contributed by atoms with Crippen LogP contribution in [0, 0.1) is 11.6 Å². The molecule has 1 fully saturated rings. The van der Waals surface area contributed by atoms with Crippen molar-refractivity contribution in [1.29, 1.82) is 0 Å². The lowest BCUT2D eigenvalue weighted by molar-refractivity contribution is 0.252. The minimum absolute atomic E-state index is 0.238. The molecule has 1 aliphatic rings. The summed E-state index contributed by atoms with van der Waals surface area (Å²) in [7, 11) is -4.64. The van der Waals surface area contributed by atoms with Crippen LogP contribution in [0.4, 0.5) is 8.78 Å². The molecular weight excluding hydrogens is 333 g/mol. The molecule has 3 rings (SSSR count). The van der Waals surface area contributed by atoms with Gasteiger partial charge >= 0.3 is 7.60 Å². The fraction of sp³-hybridized carbons (Fsp3) is 0.333. The Labute approximate surface area is 139 Å². The molecule has 0 saturated heterocycles. The summed E-state index contributed by atoms with van der Waals surface area (Å²) in [5.41, 5.74) is 0.676. The van der Waals surface area contributed by atoms with E-state index in [0.29, 0.717) is 24.0 Å². The Morgan fingerprint density at radius 2 is 1.67 bits per heavy atom. The van der Waals surface area contributed by atoms with E-state index in [9.17, 15) is 23.1 Å². The lowest BCUT2D eigenvalue weighted by atomic mass is 9.71. The minimum Gasteiger partial charge on any atom is -0.324 e. The topological polar surface area (TPSA) is 57.5 Å². The third kappa shape index (κ3) is 2.81. The monoisotopic (exact) mass is 352 g/mol. The summed E-state index contributed by atoms with van der Waals surface area (Å²) in [5, 5.41) is -1.53. The molecule has 0 heterocycles.